The molecule has 16 heteroatoms. The summed E-state index contributed by atoms with van der Waals surface area (Å²) in [6.45, 7) is 16.9. The zero-order valence-electron chi connectivity index (χ0n) is 36.5. The molecule has 328 valence electrons. The molecule has 0 radical (unpaired) electrons. The minimum Gasteiger partial charge on any atom is -0.464 e. The van der Waals surface area contributed by atoms with Crippen molar-refractivity contribution < 1.29 is 32.6 Å². The van der Waals surface area contributed by atoms with Crippen LogP contribution in [0.25, 0.3) is 22.2 Å². The number of amides is 1. The van der Waals surface area contributed by atoms with Gasteiger partial charge in [-0.15, -0.1) is 0 Å². The second-order valence-electron chi connectivity index (χ2n) is 17.1. The molecule has 2 aromatic heterocycles. The summed E-state index contributed by atoms with van der Waals surface area (Å²) in [5.74, 6) is -0.0373. The molecule has 3 aromatic rings. The molecule has 0 saturated carbocycles. The number of anilines is 1. The van der Waals surface area contributed by atoms with Crippen molar-refractivity contribution in [1.82, 2.24) is 35.9 Å². The van der Waals surface area contributed by atoms with Crippen molar-refractivity contribution in [1.29, 1.82) is 0 Å². The molecule has 5 N–H and O–H groups in total. The molecule has 2 fully saturated rings. The summed E-state index contributed by atoms with van der Waals surface area (Å²) in [5.41, 5.74) is 11.1. The normalized spacial score (nSPS) is 19.5. The maximum atomic E-state index is 14.2. The molecule has 1 aromatic carbocycles. The number of fused-ring (bicyclic) bond motifs is 1. The molecule has 5 rings (SSSR count). The molecule has 3 unspecified atom stereocenters. The number of esters is 1. The van der Waals surface area contributed by atoms with Crippen molar-refractivity contribution in [2.75, 3.05) is 71.3 Å². The Morgan fingerprint density at radius 2 is 1.92 bits per heavy atom. The Morgan fingerprint density at radius 1 is 1.14 bits per heavy atom. The van der Waals surface area contributed by atoms with E-state index in [4.69, 9.17) is 19.2 Å². The number of nitrogens with one attached hydrogen (secondary N) is 4. The van der Waals surface area contributed by atoms with Gasteiger partial charge in [-0.05, 0) is 107 Å². The van der Waals surface area contributed by atoms with Crippen molar-refractivity contribution in [2.24, 2.45) is 17.3 Å². The Hall–Kier alpha value is -3.48. The van der Waals surface area contributed by atoms with E-state index in [9.17, 15) is 18.4 Å². The zero-order chi connectivity index (χ0) is 42.9. The summed E-state index contributed by atoms with van der Waals surface area (Å²) in [4.78, 5) is 36.1. The molecule has 59 heavy (non-hydrogen) atoms. The van der Waals surface area contributed by atoms with E-state index in [1.165, 1.54) is 7.11 Å². The van der Waals surface area contributed by atoms with Gasteiger partial charge in [-0.1, -0.05) is 27.7 Å². The number of hydrazine groups is 1. The zero-order valence-corrected chi connectivity index (χ0v) is 37.3. The predicted molar refractivity (Wildman–Crippen MR) is 233 cm³/mol. The quantitative estimate of drug-likeness (QED) is 0.0580. The third kappa shape index (κ3) is 11.7. The number of aromatic nitrogens is 2. The van der Waals surface area contributed by atoms with Crippen LogP contribution in [0, 0.1) is 17.3 Å². The maximum Gasteiger partial charge on any atom is 0.324 e. The molecular formula is C43H68N8O7S. The number of aryl methyl sites for hydroxylation is 1. The number of carbonyl (C=O) groups is 2. The topological polar surface area (TPSA) is 172 Å². The average molecular weight is 841 g/mol. The van der Waals surface area contributed by atoms with E-state index in [1.54, 1.807) is 13.3 Å². The van der Waals surface area contributed by atoms with E-state index < -0.39 is 34.9 Å². The van der Waals surface area contributed by atoms with Crippen molar-refractivity contribution >= 4 is 39.5 Å². The van der Waals surface area contributed by atoms with Crippen LogP contribution in [-0.2, 0) is 47.8 Å². The van der Waals surface area contributed by atoms with Crippen LogP contribution in [0.3, 0.4) is 0 Å². The number of ether oxygens (including phenoxy) is 3. The summed E-state index contributed by atoms with van der Waals surface area (Å²) in [6, 6.07) is 9.30. The third-order valence-electron chi connectivity index (χ3n) is 11.6. The van der Waals surface area contributed by atoms with Crippen molar-refractivity contribution in [3.63, 3.8) is 0 Å². The van der Waals surface area contributed by atoms with Gasteiger partial charge in [-0.2, -0.15) is 0 Å². The Morgan fingerprint density at radius 3 is 2.54 bits per heavy atom. The summed E-state index contributed by atoms with van der Waals surface area (Å²) < 4.78 is 42.3. The van der Waals surface area contributed by atoms with E-state index in [2.05, 4.69) is 69.9 Å². The van der Waals surface area contributed by atoms with E-state index in [1.807, 2.05) is 44.9 Å². The lowest BCUT2D eigenvalue weighted by Gasteiger charge is -2.36. The highest BCUT2D eigenvalue weighted by Crippen LogP contribution is 2.42. The van der Waals surface area contributed by atoms with Gasteiger partial charge in [0.1, 0.15) is 6.04 Å². The fourth-order valence-electron chi connectivity index (χ4n) is 8.63. The molecule has 4 heterocycles. The van der Waals surface area contributed by atoms with Crippen LogP contribution in [0.2, 0.25) is 0 Å². The standard InChI is InChI=1S/C43H68N8O7S/c1-10-50-36-16-15-31(51(21-22-59(54)55)42(57-9)47-40(52)38(28(2)3)49(7)26-30-17-20-44-25-30)23-33(36)34(39(50)32-13-11-18-45-37(32)29(4)56-8)24-43(5,6)27-58-41(53)35-14-12-19-46-48-35/h11,13,15-16,18,23,28-30,35,38,42,44,46,48H,10,12,14,17,19-22,24-27H2,1-9H3,(H,47,52)(H,54,55)/t29-,30?,35-,38-,42?/m0/s1. The molecule has 2 aliphatic heterocycles. The Kier molecular flexibility index (Phi) is 16.9. The molecule has 6 atom stereocenters. The third-order valence-corrected chi connectivity index (χ3v) is 12.1. The molecule has 0 bridgehead atoms. The first-order valence-electron chi connectivity index (χ1n) is 21.1. The Labute approximate surface area is 352 Å². The number of carbonyl (C=O) groups excluding carboxylic acids is 2. The highest BCUT2D eigenvalue weighted by Gasteiger charge is 2.34. The van der Waals surface area contributed by atoms with Crippen molar-refractivity contribution in [2.45, 2.75) is 98.3 Å². The fraction of sp³-hybridized carbons (Fsp3) is 0.651. The summed E-state index contributed by atoms with van der Waals surface area (Å²) in [7, 11) is 5.20. The van der Waals surface area contributed by atoms with Gasteiger partial charge in [-0.3, -0.25) is 24.9 Å². The van der Waals surface area contributed by atoms with Crippen LogP contribution in [0.1, 0.15) is 78.2 Å². The molecule has 0 spiro atoms. The van der Waals surface area contributed by atoms with Crippen LogP contribution in [-0.4, -0.2) is 120 Å². The van der Waals surface area contributed by atoms with E-state index in [-0.39, 0.29) is 42.8 Å². The molecule has 0 aliphatic carbocycles. The van der Waals surface area contributed by atoms with Gasteiger partial charge >= 0.3 is 5.97 Å². The number of likely N-dealkylation sites (N-methyl/N-ethyl adjacent to an activating group) is 1. The second-order valence-corrected chi connectivity index (χ2v) is 18.2. The van der Waals surface area contributed by atoms with Crippen molar-refractivity contribution in [3.05, 3.63) is 47.8 Å². The lowest BCUT2D eigenvalue weighted by Crippen LogP contribution is -2.57. The number of hydrogen-bond acceptors (Lipinski definition) is 12. The predicted octanol–water partition coefficient (Wildman–Crippen LogP) is 4.44. The average Bonchev–Trinajstić information content (AvgIpc) is 3.84. The monoisotopic (exact) mass is 840 g/mol. The van der Waals surface area contributed by atoms with Gasteiger partial charge in [0.25, 0.3) is 0 Å². The number of pyridine rings is 1. The van der Waals surface area contributed by atoms with Gasteiger partial charge in [0.15, 0.2) is 11.1 Å². The highest BCUT2D eigenvalue weighted by molar-refractivity contribution is 7.79. The number of benzene rings is 1. The van der Waals surface area contributed by atoms with Gasteiger partial charge in [-0.25, -0.2) is 9.63 Å². The molecular weight excluding hydrogens is 773 g/mol. The molecule has 1 amide bonds. The van der Waals surface area contributed by atoms with E-state index in [0.29, 0.717) is 31.0 Å². The first kappa shape index (κ1) is 46.6. The van der Waals surface area contributed by atoms with Crippen LogP contribution in [0.15, 0.2) is 36.5 Å². The fourth-order valence-corrected chi connectivity index (χ4v) is 8.98. The van der Waals surface area contributed by atoms with Gasteiger partial charge in [0.2, 0.25) is 12.3 Å². The maximum absolute atomic E-state index is 14.2. The minimum absolute atomic E-state index is 0.0211. The number of methoxy groups -OCH3 is 2. The Bertz CT molecular complexity index is 1880. The number of hydrogen-bond donors (Lipinski definition) is 5. The summed E-state index contributed by atoms with van der Waals surface area (Å²) in [6.07, 6.45) is 3.76. The van der Waals surface area contributed by atoms with Gasteiger partial charge in [0, 0.05) is 74.2 Å². The van der Waals surface area contributed by atoms with Crippen LogP contribution < -0.4 is 26.4 Å². The van der Waals surface area contributed by atoms with Gasteiger partial charge < -0.3 is 38.9 Å². The SMILES string of the molecule is CCn1c(-c2cccnc2[C@H](C)OC)c(CC(C)(C)COC(=O)[C@@H]2CCCNN2)c2cc(N(CCS(=O)O)C(NC(=O)[C@H](C(C)C)N(C)CC3CCNC3)OC)ccc21. The number of rotatable bonds is 21. The largest absolute Gasteiger partial charge is 0.464 e. The molecule has 2 saturated heterocycles. The molecule has 15 nitrogen and oxygen atoms in total. The summed E-state index contributed by atoms with van der Waals surface area (Å²) in [5, 5.41) is 7.53. The van der Waals surface area contributed by atoms with Crippen molar-refractivity contribution in [3.8, 4) is 11.3 Å². The lowest BCUT2D eigenvalue weighted by atomic mass is 9.84. The summed E-state index contributed by atoms with van der Waals surface area (Å²) >= 11 is -2.10. The van der Waals surface area contributed by atoms with Crippen LogP contribution in [0.5, 0.6) is 0 Å². The minimum atomic E-state index is -2.10. The number of nitrogens with zero attached hydrogens (tertiary/aromatic N) is 4. The lowest BCUT2D eigenvalue weighted by molar-refractivity contribution is -0.150. The van der Waals surface area contributed by atoms with Gasteiger partial charge in [0.05, 0.1) is 35.9 Å². The van der Waals surface area contributed by atoms with Crippen LogP contribution in [0.4, 0.5) is 5.69 Å². The smallest absolute Gasteiger partial charge is 0.324 e. The van der Waals surface area contributed by atoms with Crippen LogP contribution >= 0.6 is 0 Å². The first-order valence-corrected chi connectivity index (χ1v) is 22.3. The first-order chi connectivity index (χ1) is 28.2. The van der Waals surface area contributed by atoms with E-state index in [0.717, 1.165) is 72.4 Å². The Balaban J connectivity index is 1.58. The highest BCUT2D eigenvalue weighted by atomic mass is 32.2. The second kappa shape index (κ2) is 21.4. The molecule has 2 aliphatic rings. The van der Waals surface area contributed by atoms with E-state index >= 15 is 0 Å².